The third-order valence-electron chi connectivity index (χ3n) is 2.83. The van der Waals surface area contributed by atoms with E-state index >= 15 is 0 Å². The summed E-state index contributed by atoms with van der Waals surface area (Å²) in [7, 11) is 0. The topological polar surface area (TPSA) is 58.0 Å². The van der Waals surface area contributed by atoms with E-state index in [1.165, 1.54) is 0 Å². The molecule has 0 aliphatic carbocycles. The summed E-state index contributed by atoms with van der Waals surface area (Å²) in [5, 5.41) is 13.7. The molecule has 0 bridgehead atoms. The Bertz CT molecular complexity index is 593. The van der Waals surface area contributed by atoms with Crippen molar-refractivity contribution >= 4 is 29.2 Å². The van der Waals surface area contributed by atoms with Gasteiger partial charge >= 0.3 is 0 Å². The first-order chi connectivity index (χ1) is 10.00. The first kappa shape index (κ1) is 16.1. The summed E-state index contributed by atoms with van der Waals surface area (Å²) in [6.07, 6.45) is 1.96. The van der Waals surface area contributed by atoms with Crippen LogP contribution in [0.1, 0.15) is 6.92 Å². The molecule has 0 amide bonds. The lowest BCUT2D eigenvalue weighted by Gasteiger charge is -2.22. The van der Waals surface area contributed by atoms with Crippen molar-refractivity contribution in [3.8, 4) is 11.4 Å². The van der Waals surface area contributed by atoms with E-state index in [1.807, 2.05) is 36.6 Å². The van der Waals surface area contributed by atoms with Gasteiger partial charge in [-0.1, -0.05) is 41.9 Å². The molecule has 0 spiro atoms. The van der Waals surface area contributed by atoms with E-state index in [1.54, 1.807) is 24.8 Å². The predicted octanol–water partition coefficient (Wildman–Crippen LogP) is 3.32. The summed E-state index contributed by atoms with van der Waals surface area (Å²) >= 11 is 7.65. The number of hydrogen-bond donors (Lipinski definition) is 2. The molecular weight excluding hydrogens is 306 g/mol. The summed E-state index contributed by atoms with van der Waals surface area (Å²) in [5.74, 6) is 1.81. The highest BCUT2D eigenvalue weighted by Crippen LogP contribution is 2.20. The molecule has 2 aromatic rings. The molecule has 4 nitrogen and oxygen atoms in total. The lowest BCUT2D eigenvalue weighted by Crippen LogP contribution is -2.36. The number of benzene rings is 1. The Kier molecular flexibility index (Phi) is 5.45. The van der Waals surface area contributed by atoms with Crippen LogP contribution in [0, 0.1) is 0 Å². The van der Waals surface area contributed by atoms with Crippen molar-refractivity contribution in [2.45, 2.75) is 12.5 Å². The fourth-order valence-corrected chi connectivity index (χ4v) is 2.77. The highest BCUT2D eigenvalue weighted by molar-refractivity contribution is 7.98. The Labute approximate surface area is 134 Å². The van der Waals surface area contributed by atoms with E-state index in [9.17, 15) is 5.11 Å². The van der Waals surface area contributed by atoms with E-state index in [0.717, 1.165) is 5.56 Å². The smallest absolute Gasteiger partial charge is 0.163 e. The number of nitrogens with one attached hydrogen (secondary N) is 1. The van der Waals surface area contributed by atoms with Gasteiger partial charge < -0.3 is 10.4 Å². The SMILES string of the molecule is CSCC(C)(O)CNc1cc(Cl)nc(-c2ccccc2)n1. The highest BCUT2D eigenvalue weighted by Gasteiger charge is 2.19. The van der Waals surface area contributed by atoms with Crippen LogP contribution in [0.15, 0.2) is 36.4 Å². The first-order valence-electron chi connectivity index (χ1n) is 6.55. The number of halogens is 1. The van der Waals surface area contributed by atoms with Gasteiger partial charge in [-0.25, -0.2) is 9.97 Å². The molecule has 0 saturated carbocycles. The molecule has 21 heavy (non-hydrogen) atoms. The Morgan fingerprint density at radius 2 is 2.00 bits per heavy atom. The highest BCUT2D eigenvalue weighted by atomic mass is 35.5. The zero-order valence-electron chi connectivity index (χ0n) is 12.0. The van der Waals surface area contributed by atoms with Gasteiger partial charge in [0, 0.05) is 23.9 Å². The molecule has 1 unspecified atom stereocenters. The molecule has 0 aliphatic heterocycles. The van der Waals surface area contributed by atoms with E-state index < -0.39 is 5.60 Å². The van der Waals surface area contributed by atoms with Crippen molar-refractivity contribution in [1.29, 1.82) is 0 Å². The third-order valence-corrected chi connectivity index (χ3v) is 3.94. The quantitative estimate of drug-likeness (QED) is 0.799. The molecule has 1 atom stereocenters. The van der Waals surface area contributed by atoms with Gasteiger partial charge in [0.15, 0.2) is 5.82 Å². The average Bonchev–Trinajstić information content (AvgIpc) is 2.46. The van der Waals surface area contributed by atoms with Crippen molar-refractivity contribution in [1.82, 2.24) is 9.97 Å². The predicted molar refractivity (Wildman–Crippen MR) is 90.0 cm³/mol. The summed E-state index contributed by atoms with van der Waals surface area (Å²) in [4.78, 5) is 8.67. The largest absolute Gasteiger partial charge is 0.387 e. The Morgan fingerprint density at radius 3 is 2.67 bits per heavy atom. The van der Waals surface area contributed by atoms with Crippen LogP contribution < -0.4 is 5.32 Å². The van der Waals surface area contributed by atoms with E-state index in [2.05, 4.69) is 15.3 Å². The van der Waals surface area contributed by atoms with E-state index in [-0.39, 0.29) is 0 Å². The van der Waals surface area contributed by atoms with Crippen molar-refractivity contribution in [3.05, 3.63) is 41.6 Å². The fourth-order valence-electron chi connectivity index (χ4n) is 1.87. The number of thioether (sulfide) groups is 1. The number of hydrogen-bond acceptors (Lipinski definition) is 5. The maximum absolute atomic E-state index is 10.2. The Hall–Kier alpha value is -1.30. The second-order valence-electron chi connectivity index (χ2n) is 5.05. The van der Waals surface area contributed by atoms with Gasteiger partial charge in [-0.3, -0.25) is 0 Å². The van der Waals surface area contributed by atoms with Crippen LogP contribution in [0.2, 0.25) is 5.15 Å². The van der Waals surface area contributed by atoms with Crippen LogP contribution in [-0.2, 0) is 0 Å². The molecule has 0 radical (unpaired) electrons. The number of aromatic nitrogens is 2. The third kappa shape index (κ3) is 4.88. The van der Waals surface area contributed by atoms with Crippen LogP contribution in [0.4, 0.5) is 5.82 Å². The zero-order chi connectivity index (χ0) is 15.3. The molecular formula is C15H18ClN3OS. The minimum atomic E-state index is -0.802. The molecule has 6 heteroatoms. The minimum Gasteiger partial charge on any atom is -0.387 e. The minimum absolute atomic E-state index is 0.371. The maximum Gasteiger partial charge on any atom is 0.163 e. The lowest BCUT2D eigenvalue weighted by atomic mass is 10.1. The monoisotopic (exact) mass is 323 g/mol. The van der Waals surface area contributed by atoms with Crippen LogP contribution in [-0.4, -0.2) is 39.2 Å². The van der Waals surface area contributed by atoms with E-state index in [4.69, 9.17) is 11.6 Å². The fraction of sp³-hybridized carbons (Fsp3) is 0.333. The standard InChI is InChI=1S/C15H18ClN3OS/c1-15(20,10-21-2)9-17-13-8-12(16)18-14(19-13)11-6-4-3-5-7-11/h3-8,20H,9-10H2,1-2H3,(H,17,18,19). The molecule has 1 heterocycles. The normalized spacial score (nSPS) is 13.7. The lowest BCUT2D eigenvalue weighted by molar-refractivity contribution is 0.0996. The average molecular weight is 324 g/mol. The first-order valence-corrected chi connectivity index (χ1v) is 8.32. The summed E-state index contributed by atoms with van der Waals surface area (Å²) in [5.41, 5.74) is 0.0999. The zero-order valence-corrected chi connectivity index (χ0v) is 13.6. The van der Waals surface area contributed by atoms with Gasteiger partial charge in [-0.15, -0.1) is 0 Å². The number of nitrogens with zero attached hydrogens (tertiary/aromatic N) is 2. The molecule has 1 aromatic carbocycles. The molecule has 2 rings (SSSR count). The molecule has 0 fully saturated rings. The van der Waals surface area contributed by atoms with E-state index in [0.29, 0.717) is 29.1 Å². The van der Waals surface area contributed by atoms with Crippen molar-refractivity contribution in [2.75, 3.05) is 23.9 Å². The molecule has 0 aliphatic rings. The second kappa shape index (κ2) is 7.11. The van der Waals surface area contributed by atoms with Gasteiger partial charge in [-0.2, -0.15) is 11.8 Å². The van der Waals surface area contributed by atoms with Gasteiger partial charge in [0.05, 0.1) is 5.60 Å². The van der Waals surface area contributed by atoms with Gasteiger partial charge in [0.1, 0.15) is 11.0 Å². The van der Waals surface area contributed by atoms with Crippen molar-refractivity contribution in [3.63, 3.8) is 0 Å². The van der Waals surface area contributed by atoms with Gasteiger partial charge in [-0.05, 0) is 13.2 Å². The number of aliphatic hydroxyl groups is 1. The number of rotatable bonds is 6. The maximum atomic E-state index is 10.2. The van der Waals surface area contributed by atoms with Crippen LogP contribution in [0.25, 0.3) is 11.4 Å². The van der Waals surface area contributed by atoms with Crippen molar-refractivity contribution < 1.29 is 5.11 Å². The Balaban J connectivity index is 2.16. The summed E-state index contributed by atoms with van der Waals surface area (Å²) in [6.45, 7) is 2.19. The van der Waals surface area contributed by atoms with Gasteiger partial charge in [0.2, 0.25) is 0 Å². The summed E-state index contributed by atoms with van der Waals surface area (Å²) < 4.78 is 0. The Morgan fingerprint density at radius 1 is 1.29 bits per heavy atom. The van der Waals surface area contributed by atoms with Crippen LogP contribution in [0.5, 0.6) is 0 Å². The van der Waals surface area contributed by atoms with Crippen LogP contribution in [0.3, 0.4) is 0 Å². The molecule has 0 saturated heterocycles. The second-order valence-corrected chi connectivity index (χ2v) is 6.30. The number of anilines is 1. The van der Waals surface area contributed by atoms with Crippen LogP contribution >= 0.6 is 23.4 Å². The van der Waals surface area contributed by atoms with Crippen molar-refractivity contribution in [2.24, 2.45) is 0 Å². The molecule has 2 N–H and O–H groups in total. The molecule has 1 aromatic heterocycles. The summed E-state index contributed by atoms with van der Waals surface area (Å²) in [6, 6.07) is 11.3. The van der Waals surface area contributed by atoms with Gasteiger partial charge in [0.25, 0.3) is 0 Å². The molecule has 112 valence electrons.